The monoisotopic (exact) mass is 354 g/mol. The number of halogens is 4. The molecule has 0 N–H and O–H groups in total. The third-order valence-electron chi connectivity index (χ3n) is 3.40. The zero-order chi connectivity index (χ0) is 16.3. The Morgan fingerprint density at radius 2 is 2.00 bits per heavy atom. The van der Waals surface area contributed by atoms with Crippen molar-refractivity contribution in [1.29, 1.82) is 0 Å². The lowest BCUT2D eigenvalue weighted by Crippen LogP contribution is -2.43. The highest BCUT2D eigenvalue weighted by molar-refractivity contribution is 7.94. The van der Waals surface area contributed by atoms with Crippen LogP contribution in [0.5, 0.6) is 0 Å². The quantitative estimate of drug-likeness (QED) is 0.754. The zero-order valence-corrected chi connectivity index (χ0v) is 13.9. The molecule has 1 saturated heterocycles. The number of morpholine rings is 1. The Labute approximate surface area is 137 Å². The van der Waals surface area contributed by atoms with Crippen molar-refractivity contribution in [1.82, 2.24) is 8.61 Å². The predicted molar refractivity (Wildman–Crippen MR) is 82.6 cm³/mol. The van der Waals surface area contributed by atoms with Crippen molar-refractivity contribution in [2.45, 2.75) is 25.2 Å². The summed E-state index contributed by atoms with van der Waals surface area (Å²) in [6.07, 6.45) is -4.37. The van der Waals surface area contributed by atoms with E-state index in [0.717, 1.165) is 12.1 Å². The summed E-state index contributed by atoms with van der Waals surface area (Å²) in [5.41, 5.74) is 0.174. The number of hydrogen-bond donors (Lipinski definition) is 0. The van der Waals surface area contributed by atoms with Crippen molar-refractivity contribution in [2.75, 3.05) is 26.8 Å². The molecule has 1 aromatic rings. The first-order valence-electron chi connectivity index (χ1n) is 6.86. The van der Waals surface area contributed by atoms with Crippen molar-refractivity contribution >= 4 is 23.7 Å². The molecule has 1 unspecified atom stereocenters. The summed E-state index contributed by atoms with van der Waals surface area (Å²) in [4.78, 5) is 0. The van der Waals surface area contributed by atoms with Crippen molar-refractivity contribution in [3.63, 3.8) is 0 Å². The molecule has 0 amide bonds. The Kier molecular flexibility index (Phi) is 6.01. The lowest BCUT2D eigenvalue weighted by atomic mass is 10.1. The van der Waals surface area contributed by atoms with Crippen LogP contribution in [-0.2, 0) is 4.74 Å². The van der Waals surface area contributed by atoms with E-state index in [1.165, 1.54) is 35.6 Å². The molecule has 3 nitrogen and oxygen atoms in total. The first-order valence-corrected chi connectivity index (χ1v) is 7.97. The van der Waals surface area contributed by atoms with Crippen molar-refractivity contribution in [2.24, 2.45) is 0 Å². The number of hydrogen-bond acceptors (Lipinski definition) is 4. The predicted octanol–water partition coefficient (Wildman–Crippen LogP) is 4.16. The maximum Gasteiger partial charge on any atom is 0.408 e. The molecule has 124 valence electrons. The van der Waals surface area contributed by atoms with Gasteiger partial charge < -0.3 is 4.74 Å². The number of nitrogens with zero attached hydrogens (tertiary/aromatic N) is 2. The van der Waals surface area contributed by atoms with Gasteiger partial charge in [0.15, 0.2) is 0 Å². The molecule has 8 heteroatoms. The molecular weight excluding hydrogens is 337 g/mol. The molecule has 1 aromatic carbocycles. The van der Waals surface area contributed by atoms with Gasteiger partial charge in [-0.05, 0) is 31.7 Å². The fourth-order valence-corrected chi connectivity index (χ4v) is 3.47. The number of alkyl halides is 3. The highest BCUT2D eigenvalue weighted by Gasteiger charge is 2.44. The summed E-state index contributed by atoms with van der Waals surface area (Å²) in [5.74, 6) is 0. The minimum Gasteiger partial charge on any atom is -0.378 e. The molecule has 2 atom stereocenters. The van der Waals surface area contributed by atoms with Crippen molar-refractivity contribution in [3.8, 4) is 0 Å². The van der Waals surface area contributed by atoms with Gasteiger partial charge in [0.25, 0.3) is 0 Å². The van der Waals surface area contributed by atoms with Gasteiger partial charge in [-0.15, -0.1) is 0 Å². The van der Waals surface area contributed by atoms with Crippen LogP contribution in [0.15, 0.2) is 24.3 Å². The Morgan fingerprint density at radius 3 is 2.55 bits per heavy atom. The lowest BCUT2D eigenvalue weighted by molar-refractivity contribution is -0.170. The van der Waals surface area contributed by atoms with Gasteiger partial charge in [0.05, 0.1) is 13.2 Å². The van der Waals surface area contributed by atoms with Gasteiger partial charge >= 0.3 is 6.18 Å². The summed E-state index contributed by atoms with van der Waals surface area (Å²) in [5, 5.41) is 0.418. The van der Waals surface area contributed by atoms with Crippen LogP contribution in [0.1, 0.15) is 18.5 Å². The molecule has 0 aliphatic carbocycles. The van der Waals surface area contributed by atoms with Crippen molar-refractivity contribution in [3.05, 3.63) is 34.9 Å². The maximum atomic E-state index is 13.5. The molecule has 1 heterocycles. The fourth-order valence-electron chi connectivity index (χ4n) is 2.30. The van der Waals surface area contributed by atoms with Crippen LogP contribution in [0.4, 0.5) is 13.2 Å². The topological polar surface area (TPSA) is 15.7 Å². The van der Waals surface area contributed by atoms with Gasteiger partial charge in [0, 0.05) is 29.7 Å². The van der Waals surface area contributed by atoms with E-state index in [1.54, 1.807) is 0 Å². The van der Waals surface area contributed by atoms with Gasteiger partial charge in [-0.25, -0.2) is 8.61 Å². The second-order valence-electron chi connectivity index (χ2n) is 5.19. The van der Waals surface area contributed by atoms with Gasteiger partial charge in [-0.3, -0.25) is 0 Å². The fraction of sp³-hybridized carbons (Fsp3) is 0.571. The van der Waals surface area contributed by atoms with E-state index in [4.69, 9.17) is 16.3 Å². The van der Waals surface area contributed by atoms with E-state index >= 15 is 0 Å². The molecule has 1 aliphatic heterocycles. The smallest absolute Gasteiger partial charge is 0.378 e. The van der Waals surface area contributed by atoms with Crippen LogP contribution in [-0.4, -0.2) is 47.6 Å². The van der Waals surface area contributed by atoms with E-state index in [0.29, 0.717) is 24.8 Å². The van der Waals surface area contributed by atoms with E-state index in [9.17, 15) is 13.2 Å². The van der Waals surface area contributed by atoms with E-state index in [2.05, 4.69) is 0 Å². The second kappa shape index (κ2) is 7.40. The summed E-state index contributed by atoms with van der Waals surface area (Å²) in [6, 6.07) is 4.17. The molecule has 1 aliphatic rings. The average Bonchev–Trinajstić information content (AvgIpc) is 2.42. The molecule has 2 rings (SSSR count). The number of rotatable bonds is 4. The highest BCUT2D eigenvalue weighted by atomic mass is 35.5. The molecule has 0 aromatic heterocycles. The van der Waals surface area contributed by atoms with Crippen LogP contribution >= 0.6 is 23.7 Å². The SMILES string of the molecule is C[C@H]1COCCN1SN(C)C(c1ccc(Cl)cc1)C(F)(F)F. The van der Waals surface area contributed by atoms with E-state index in [1.807, 2.05) is 11.2 Å². The van der Waals surface area contributed by atoms with Crippen LogP contribution in [0.2, 0.25) is 5.02 Å². The molecule has 0 saturated carbocycles. The van der Waals surface area contributed by atoms with Gasteiger partial charge in [-0.1, -0.05) is 23.7 Å². The zero-order valence-electron chi connectivity index (χ0n) is 12.3. The first-order chi connectivity index (χ1) is 10.3. The molecule has 1 fully saturated rings. The Hall–Kier alpha value is -0.470. The summed E-state index contributed by atoms with van der Waals surface area (Å²) in [6.45, 7) is 3.59. The van der Waals surface area contributed by atoms with Gasteiger partial charge in [0.1, 0.15) is 6.04 Å². The van der Waals surface area contributed by atoms with Crippen LogP contribution < -0.4 is 0 Å². The number of benzene rings is 1. The standard InChI is InChI=1S/C14H18ClF3N2OS/c1-10-9-21-8-7-20(10)22-19(2)13(14(16,17)18)11-3-5-12(15)6-4-11/h3-6,10,13H,7-9H2,1-2H3/t10-,13?/m0/s1. The Bertz CT molecular complexity index is 486. The second-order valence-corrected chi connectivity index (χ2v) is 6.83. The molecule has 22 heavy (non-hydrogen) atoms. The van der Waals surface area contributed by atoms with Crippen LogP contribution in [0.3, 0.4) is 0 Å². The van der Waals surface area contributed by atoms with Gasteiger partial charge in [-0.2, -0.15) is 13.2 Å². The van der Waals surface area contributed by atoms with Crippen LogP contribution in [0.25, 0.3) is 0 Å². The third kappa shape index (κ3) is 4.52. The van der Waals surface area contributed by atoms with E-state index in [-0.39, 0.29) is 11.6 Å². The largest absolute Gasteiger partial charge is 0.408 e. The minimum absolute atomic E-state index is 0.0697. The van der Waals surface area contributed by atoms with Crippen molar-refractivity contribution < 1.29 is 17.9 Å². The van der Waals surface area contributed by atoms with Gasteiger partial charge in [0.2, 0.25) is 0 Å². The normalized spacial score (nSPS) is 22.0. The maximum absolute atomic E-state index is 13.5. The Balaban J connectivity index is 2.16. The summed E-state index contributed by atoms with van der Waals surface area (Å²) < 4.78 is 48.9. The third-order valence-corrected chi connectivity index (χ3v) is 4.87. The molecule has 0 bridgehead atoms. The molecular formula is C14H18ClF3N2OS. The molecule has 0 spiro atoms. The lowest BCUT2D eigenvalue weighted by Gasteiger charge is -2.37. The van der Waals surface area contributed by atoms with Crippen LogP contribution in [0, 0.1) is 0 Å². The number of ether oxygens (including phenoxy) is 1. The summed E-state index contributed by atoms with van der Waals surface area (Å²) in [7, 11) is 1.46. The first kappa shape index (κ1) is 17.9. The minimum atomic E-state index is -4.37. The molecule has 0 radical (unpaired) electrons. The average molecular weight is 355 g/mol. The Morgan fingerprint density at radius 1 is 1.36 bits per heavy atom. The van der Waals surface area contributed by atoms with E-state index < -0.39 is 12.2 Å². The highest BCUT2D eigenvalue weighted by Crippen LogP contribution is 2.41. The summed E-state index contributed by atoms with van der Waals surface area (Å²) >= 11 is 6.86.